The number of nitro benzene ring substituents is 1. The van der Waals surface area contributed by atoms with E-state index < -0.39 is 40.3 Å². The highest BCUT2D eigenvalue weighted by Crippen LogP contribution is 2.39. The molecule has 0 aliphatic heterocycles. The summed E-state index contributed by atoms with van der Waals surface area (Å²) >= 11 is 5.86. The number of carbonyl (C=O) groups is 2. The van der Waals surface area contributed by atoms with Crippen LogP contribution in [-0.2, 0) is 15.8 Å². The number of carboxylic acid groups (broad SMARTS) is 1. The third kappa shape index (κ3) is 5.43. The molecule has 12 heteroatoms. The predicted molar refractivity (Wildman–Crippen MR) is 104 cm³/mol. The minimum absolute atomic E-state index is 0.0398. The van der Waals surface area contributed by atoms with Crippen molar-refractivity contribution in [1.29, 1.82) is 0 Å². The Labute approximate surface area is 178 Å². The number of carbonyl (C=O) groups excluding carboxylic acids is 1. The molecule has 0 aliphatic carbocycles. The van der Waals surface area contributed by atoms with Crippen molar-refractivity contribution in [1.82, 2.24) is 0 Å². The Morgan fingerprint density at radius 3 is 2.35 bits per heavy atom. The first kappa shape index (κ1) is 23.9. The summed E-state index contributed by atoms with van der Waals surface area (Å²) in [4.78, 5) is 35.1. The Morgan fingerprint density at radius 2 is 1.90 bits per heavy atom. The smallest absolute Gasteiger partial charge is 0.416 e. The first-order valence-electron chi connectivity index (χ1n) is 8.72. The largest absolute Gasteiger partial charge is 0.480 e. The number of halogens is 4. The van der Waals surface area contributed by atoms with Gasteiger partial charge in [0.2, 0.25) is 5.91 Å². The van der Waals surface area contributed by atoms with Gasteiger partial charge in [-0.05, 0) is 30.7 Å². The van der Waals surface area contributed by atoms with Gasteiger partial charge in [0.15, 0.2) is 0 Å². The topological polar surface area (TPSA) is 110 Å². The lowest BCUT2D eigenvalue weighted by Gasteiger charge is -2.27. The number of alkyl halides is 3. The maximum atomic E-state index is 12.8. The van der Waals surface area contributed by atoms with Crippen LogP contribution in [0.4, 0.5) is 24.5 Å². The number of nitro groups is 1. The van der Waals surface area contributed by atoms with Crippen molar-refractivity contribution in [3.05, 3.63) is 57.1 Å². The molecule has 1 unspecified atom stereocenters. The number of benzene rings is 2. The molecule has 2 rings (SSSR count). The monoisotopic (exact) mass is 460 g/mol. The average Bonchev–Trinajstić information content (AvgIpc) is 2.65. The molecule has 8 nitrogen and oxygen atoms in total. The van der Waals surface area contributed by atoms with Crippen molar-refractivity contribution < 1.29 is 37.5 Å². The summed E-state index contributed by atoms with van der Waals surface area (Å²) in [6, 6.07) is 4.18. The highest BCUT2D eigenvalue weighted by molar-refractivity contribution is 6.32. The lowest BCUT2D eigenvalue weighted by atomic mass is 10.1. The van der Waals surface area contributed by atoms with Crippen LogP contribution in [0.1, 0.15) is 25.8 Å². The van der Waals surface area contributed by atoms with Gasteiger partial charge in [-0.3, -0.25) is 19.8 Å². The van der Waals surface area contributed by atoms with Crippen LogP contribution in [0.25, 0.3) is 0 Å². The van der Waals surface area contributed by atoms with Crippen LogP contribution < -0.4 is 9.64 Å². The van der Waals surface area contributed by atoms with Crippen molar-refractivity contribution in [2.75, 3.05) is 4.90 Å². The summed E-state index contributed by atoms with van der Waals surface area (Å²) < 4.78 is 43.8. The Morgan fingerprint density at radius 1 is 1.26 bits per heavy atom. The van der Waals surface area contributed by atoms with Gasteiger partial charge >= 0.3 is 12.1 Å². The second-order valence-corrected chi connectivity index (χ2v) is 6.71. The number of anilines is 1. The van der Waals surface area contributed by atoms with Crippen LogP contribution in [0.3, 0.4) is 0 Å². The molecule has 0 aliphatic rings. The van der Waals surface area contributed by atoms with Crippen molar-refractivity contribution in [2.45, 2.75) is 32.5 Å². The van der Waals surface area contributed by atoms with E-state index in [1.54, 1.807) is 0 Å². The van der Waals surface area contributed by atoms with Gasteiger partial charge in [-0.15, -0.1) is 0 Å². The van der Waals surface area contributed by atoms with Gasteiger partial charge in [-0.2, -0.15) is 13.2 Å². The van der Waals surface area contributed by atoms with Crippen molar-refractivity contribution in [3.8, 4) is 11.5 Å². The number of hydrogen-bond donors (Lipinski definition) is 1. The summed E-state index contributed by atoms with van der Waals surface area (Å²) in [5.41, 5.74) is -1.89. The molecule has 0 aromatic heterocycles. The van der Waals surface area contributed by atoms with E-state index in [2.05, 4.69) is 0 Å². The summed E-state index contributed by atoms with van der Waals surface area (Å²) in [6.07, 6.45) is -4.65. The molecule has 0 saturated heterocycles. The van der Waals surface area contributed by atoms with Crippen LogP contribution >= 0.6 is 11.6 Å². The highest BCUT2D eigenvalue weighted by atomic mass is 35.5. The van der Waals surface area contributed by atoms with E-state index >= 15 is 0 Å². The Hall–Kier alpha value is -3.34. The minimum atomic E-state index is -4.61. The molecule has 2 aromatic carbocycles. The van der Waals surface area contributed by atoms with Gasteiger partial charge in [0.1, 0.15) is 23.2 Å². The van der Waals surface area contributed by atoms with Gasteiger partial charge in [-0.25, -0.2) is 4.79 Å². The molecule has 0 bridgehead atoms. The molecule has 1 amide bonds. The Kier molecular flexibility index (Phi) is 7.11. The zero-order valence-corrected chi connectivity index (χ0v) is 16.9. The van der Waals surface area contributed by atoms with Crippen molar-refractivity contribution >= 4 is 34.9 Å². The van der Waals surface area contributed by atoms with E-state index in [4.69, 9.17) is 16.3 Å². The minimum Gasteiger partial charge on any atom is -0.480 e. The van der Waals surface area contributed by atoms with Crippen LogP contribution in [0, 0.1) is 10.1 Å². The molecule has 0 heterocycles. The number of carboxylic acids is 1. The first-order chi connectivity index (χ1) is 14.4. The number of nitrogens with zero attached hydrogens (tertiary/aromatic N) is 2. The van der Waals surface area contributed by atoms with Crippen LogP contribution in [0.2, 0.25) is 5.02 Å². The SMILES string of the molecule is CCC(C(=O)O)N(C(C)=O)c1cc(Oc2ccc(C(F)(F)F)cc2Cl)ccc1[N+](=O)[O-]. The Bertz CT molecular complexity index is 1030. The number of ether oxygens (including phenoxy) is 1. The van der Waals surface area contributed by atoms with Crippen LogP contribution in [0.15, 0.2) is 36.4 Å². The fraction of sp³-hybridized carbons (Fsp3) is 0.263. The van der Waals surface area contributed by atoms with Crippen LogP contribution in [-0.4, -0.2) is 27.9 Å². The first-order valence-corrected chi connectivity index (χ1v) is 9.10. The van der Waals surface area contributed by atoms with Gasteiger partial charge in [0, 0.05) is 19.1 Å². The van der Waals surface area contributed by atoms with E-state index in [1.165, 1.54) is 6.92 Å². The van der Waals surface area contributed by atoms with Gasteiger partial charge in [-0.1, -0.05) is 18.5 Å². The van der Waals surface area contributed by atoms with E-state index in [-0.39, 0.29) is 28.6 Å². The molecular weight excluding hydrogens is 445 g/mol. The second-order valence-electron chi connectivity index (χ2n) is 6.30. The molecule has 0 radical (unpaired) electrons. The number of rotatable bonds is 7. The summed E-state index contributed by atoms with van der Waals surface area (Å²) in [5, 5.41) is 20.5. The van der Waals surface area contributed by atoms with Gasteiger partial charge in [0.05, 0.1) is 15.5 Å². The molecule has 0 spiro atoms. The van der Waals surface area contributed by atoms with Crippen molar-refractivity contribution in [2.24, 2.45) is 0 Å². The molecule has 1 N–H and O–H groups in total. The molecular formula is C19H16ClF3N2O6. The second kappa shape index (κ2) is 9.21. The highest BCUT2D eigenvalue weighted by Gasteiger charge is 2.33. The predicted octanol–water partition coefficient (Wildman–Crippen LogP) is 5.28. The zero-order valence-electron chi connectivity index (χ0n) is 16.1. The van der Waals surface area contributed by atoms with E-state index in [1.807, 2.05) is 0 Å². The maximum Gasteiger partial charge on any atom is 0.416 e. The number of hydrogen-bond acceptors (Lipinski definition) is 5. The number of aliphatic carboxylic acids is 1. The molecule has 0 saturated carbocycles. The standard InChI is InChI=1S/C19H16ClF3N2O6/c1-3-14(18(27)28)24(10(2)26)16-9-12(5-6-15(16)25(29)30)31-17-7-4-11(8-13(17)20)19(21,22)23/h4-9,14H,3H2,1-2H3,(H,27,28). The third-order valence-corrected chi connectivity index (χ3v) is 4.51. The lowest BCUT2D eigenvalue weighted by molar-refractivity contribution is -0.384. The van der Waals surface area contributed by atoms with Crippen LogP contribution in [0.5, 0.6) is 11.5 Å². The third-order valence-electron chi connectivity index (χ3n) is 4.21. The average molecular weight is 461 g/mol. The number of amides is 1. The molecule has 0 fully saturated rings. The fourth-order valence-corrected chi connectivity index (χ4v) is 3.04. The normalized spacial score (nSPS) is 12.2. The van der Waals surface area contributed by atoms with Gasteiger partial charge < -0.3 is 9.84 Å². The quantitative estimate of drug-likeness (QED) is 0.445. The zero-order chi connectivity index (χ0) is 23.5. The molecule has 31 heavy (non-hydrogen) atoms. The van der Waals surface area contributed by atoms with E-state index in [0.717, 1.165) is 42.2 Å². The molecule has 2 aromatic rings. The maximum absolute atomic E-state index is 12.8. The van der Waals surface area contributed by atoms with E-state index in [0.29, 0.717) is 6.07 Å². The summed E-state index contributed by atoms with van der Waals surface area (Å²) in [7, 11) is 0. The molecule has 166 valence electrons. The van der Waals surface area contributed by atoms with E-state index in [9.17, 15) is 38.0 Å². The summed E-state index contributed by atoms with van der Waals surface area (Å²) in [6.45, 7) is 2.54. The molecule has 1 atom stereocenters. The van der Waals surface area contributed by atoms with Crippen molar-refractivity contribution in [3.63, 3.8) is 0 Å². The Balaban J connectivity index is 2.54. The fourth-order valence-electron chi connectivity index (χ4n) is 2.83. The lowest BCUT2D eigenvalue weighted by Crippen LogP contribution is -2.44. The van der Waals surface area contributed by atoms with Gasteiger partial charge in [0.25, 0.3) is 5.69 Å². The summed E-state index contributed by atoms with van der Waals surface area (Å²) in [5.74, 6) is -2.41.